The van der Waals surface area contributed by atoms with Crippen molar-refractivity contribution < 1.29 is 0 Å². The van der Waals surface area contributed by atoms with Gasteiger partial charge in [-0.25, -0.2) is 4.98 Å². The molecule has 0 aliphatic heterocycles. The highest BCUT2D eigenvalue weighted by Gasteiger charge is 2.59. The molecule has 0 saturated heterocycles. The molecule has 3 unspecified atom stereocenters. The lowest BCUT2D eigenvalue weighted by atomic mass is 9.68. The summed E-state index contributed by atoms with van der Waals surface area (Å²) in [6, 6.07) is 2.75. The first-order chi connectivity index (χ1) is 8.83. The molecular weight excluding hydrogens is 300 g/mol. The zero-order valence-corrected chi connectivity index (χ0v) is 13.8. The van der Waals surface area contributed by atoms with Gasteiger partial charge in [0.2, 0.25) is 0 Å². The summed E-state index contributed by atoms with van der Waals surface area (Å²) in [4.78, 5) is 4.41. The minimum absolute atomic E-state index is 0.383. The number of anilines is 1. The highest BCUT2D eigenvalue weighted by molar-refractivity contribution is 9.10. The van der Waals surface area contributed by atoms with Gasteiger partial charge in [-0.1, -0.05) is 20.8 Å². The summed E-state index contributed by atoms with van der Waals surface area (Å²) in [5.41, 5.74) is 3.19. The summed E-state index contributed by atoms with van der Waals surface area (Å²) in [7, 11) is 0. The van der Waals surface area contributed by atoms with Crippen LogP contribution < -0.4 is 5.32 Å². The lowest BCUT2D eigenvalue weighted by Crippen LogP contribution is -2.45. The highest BCUT2D eigenvalue weighted by atomic mass is 79.9. The molecule has 1 aromatic heterocycles. The van der Waals surface area contributed by atoms with E-state index >= 15 is 0 Å². The molecule has 0 spiro atoms. The maximum atomic E-state index is 4.41. The van der Waals surface area contributed by atoms with Crippen molar-refractivity contribution in [2.24, 2.45) is 16.7 Å². The van der Waals surface area contributed by atoms with E-state index in [2.05, 4.69) is 60.0 Å². The molecule has 0 radical (unpaired) electrons. The fraction of sp³-hybridized carbons (Fsp3) is 0.688. The lowest BCUT2D eigenvalue weighted by molar-refractivity contribution is 0.155. The molecule has 0 amide bonds. The van der Waals surface area contributed by atoms with Crippen molar-refractivity contribution in [1.29, 1.82) is 0 Å². The average molecular weight is 323 g/mol. The van der Waals surface area contributed by atoms with Gasteiger partial charge >= 0.3 is 0 Å². The number of hydrogen-bond donors (Lipinski definition) is 1. The lowest BCUT2D eigenvalue weighted by Gasteiger charge is -2.43. The molecule has 0 aromatic carbocycles. The van der Waals surface area contributed by atoms with Crippen LogP contribution >= 0.6 is 15.9 Å². The van der Waals surface area contributed by atoms with Crippen LogP contribution in [-0.4, -0.2) is 11.0 Å². The minimum atomic E-state index is 0.383. The molecule has 2 nitrogen and oxygen atoms in total. The fourth-order valence-corrected chi connectivity index (χ4v) is 4.68. The van der Waals surface area contributed by atoms with Crippen molar-refractivity contribution in [3.8, 4) is 0 Å². The average Bonchev–Trinajstić information content (AvgIpc) is 2.80. The van der Waals surface area contributed by atoms with E-state index in [0.717, 1.165) is 16.2 Å². The van der Waals surface area contributed by atoms with E-state index in [0.29, 0.717) is 16.9 Å². The molecule has 104 valence electrons. The Kier molecular flexibility index (Phi) is 2.97. The van der Waals surface area contributed by atoms with Gasteiger partial charge in [0, 0.05) is 6.04 Å². The zero-order valence-electron chi connectivity index (χ0n) is 12.3. The summed E-state index contributed by atoms with van der Waals surface area (Å²) in [5.74, 6) is 0.875. The zero-order chi connectivity index (χ0) is 13.8. The molecule has 1 aromatic rings. The third-order valence-corrected chi connectivity index (χ3v) is 6.43. The van der Waals surface area contributed by atoms with Crippen LogP contribution in [-0.2, 0) is 0 Å². The van der Waals surface area contributed by atoms with Gasteiger partial charge in [0.25, 0.3) is 0 Å². The first-order valence-corrected chi connectivity index (χ1v) is 8.01. The standard InChI is InChI=1S/C16H23BrN2/c1-10-7-12(9-18-13(10)17)19-14-15(2,3)11-5-6-16(14,4)8-11/h7,9,11,14,19H,5-6,8H2,1-4H3. The largest absolute Gasteiger partial charge is 0.380 e. The Morgan fingerprint density at radius 1 is 1.37 bits per heavy atom. The van der Waals surface area contributed by atoms with Crippen LogP contribution in [0.5, 0.6) is 0 Å². The van der Waals surface area contributed by atoms with E-state index in [4.69, 9.17) is 0 Å². The van der Waals surface area contributed by atoms with Crippen molar-refractivity contribution in [1.82, 2.24) is 4.98 Å². The van der Waals surface area contributed by atoms with E-state index < -0.39 is 0 Å². The molecule has 2 bridgehead atoms. The van der Waals surface area contributed by atoms with Crippen molar-refractivity contribution in [3.05, 3.63) is 22.4 Å². The Morgan fingerprint density at radius 2 is 2.11 bits per heavy atom. The number of pyridine rings is 1. The molecule has 2 saturated carbocycles. The second-order valence-corrected chi connectivity index (χ2v) is 8.08. The van der Waals surface area contributed by atoms with E-state index in [1.54, 1.807) is 0 Å². The van der Waals surface area contributed by atoms with Gasteiger partial charge in [0.1, 0.15) is 4.60 Å². The number of aromatic nitrogens is 1. The normalized spacial score (nSPS) is 35.6. The number of fused-ring (bicyclic) bond motifs is 2. The minimum Gasteiger partial charge on any atom is -0.380 e. The maximum Gasteiger partial charge on any atom is 0.109 e. The molecule has 19 heavy (non-hydrogen) atoms. The SMILES string of the molecule is Cc1cc(NC2C3(C)CCC(C3)C2(C)C)cnc1Br. The monoisotopic (exact) mass is 322 g/mol. The van der Waals surface area contributed by atoms with E-state index in [1.165, 1.54) is 24.8 Å². The summed E-state index contributed by atoms with van der Waals surface area (Å²) >= 11 is 3.47. The first kappa shape index (κ1) is 13.4. The number of nitrogens with one attached hydrogen (secondary N) is 1. The van der Waals surface area contributed by atoms with Crippen LogP contribution in [0.2, 0.25) is 0 Å². The van der Waals surface area contributed by atoms with Crippen molar-refractivity contribution in [2.75, 3.05) is 5.32 Å². The molecule has 3 heteroatoms. The van der Waals surface area contributed by atoms with Crippen molar-refractivity contribution in [3.63, 3.8) is 0 Å². The molecule has 3 rings (SSSR count). The third kappa shape index (κ3) is 2.01. The summed E-state index contributed by atoms with van der Waals surface area (Å²) in [6.45, 7) is 9.41. The predicted molar refractivity (Wildman–Crippen MR) is 83.3 cm³/mol. The molecule has 1 heterocycles. The van der Waals surface area contributed by atoms with Gasteiger partial charge in [-0.2, -0.15) is 0 Å². The molecule has 3 atom stereocenters. The van der Waals surface area contributed by atoms with Crippen molar-refractivity contribution in [2.45, 2.75) is 53.0 Å². The topological polar surface area (TPSA) is 24.9 Å². The molecule has 2 fully saturated rings. The number of rotatable bonds is 2. The van der Waals surface area contributed by atoms with Gasteiger partial charge in [-0.05, 0) is 70.5 Å². The molecule has 2 aliphatic carbocycles. The van der Waals surface area contributed by atoms with Gasteiger partial charge in [-0.15, -0.1) is 0 Å². The summed E-state index contributed by atoms with van der Waals surface area (Å²) in [5, 5.41) is 3.79. The van der Waals surface area contributed by atoms with E-state index in [9.17, 15) is 0 Å². The Morgan fingerprint density at radius 3 is 2.68 bits per heavy atom. The summed E-state index contributed by atoms with van der Waals surface area (Å²) < 4.78 is 0.941. The van der Waals surface area contributed by atoms with E-state index in [1.807, 2.05) is 6.20 Å². The first-order valence-electron chi connectivity index (χ1n) is 7.22. The van der Waals surface area contributed by atoms with Crippen LogP contribution in [0, 0.1) is 23.7 Å². The third-order valence-electron chi connectivity index (χ3n) is 5.60. The van der Waals surface area contributed by atoms with Gasteiger partial charge in [0.15, 0.2) is 0 Å². The van der Waals surface area contributed by atoms with Gasteiger partial charge in [-0.3, -0.25) is 0 Å². The van der Waals surface area contributed by atoms with Gasteiger partial charge in [0.05, 0.1) is 11.9 Å². The fourth-order valence-electron chi connectivity index (χ4n) is 4.47. The summed E-state index contributed by atoms with van der Waals surface area (Å²) in [6.07, 6.45) is 6.09. The van der Waals surface area contributed by atoms with Crippen LogP contribution in [0.4, 0.5) is 5.69 Å². The maximum absolute atomic E-state index is 4.41. The quantitative estimate of drug-likeness (QED) is 0.792. The Hall–Kier alpha value is -0.570. The van der Waals surface area contributed by atoms with Crippen LogP contribution in [0.1, 0.15) is 45.6 Å². The molecular formula is C16H23BrN2. The Balaban J connectivity index is 1.88. The number of hydrogen-bond acceptors (Lipinski definition) is 2. The second-order valence-electron chi connectivity index (χ2n) is 7.32. The van der Waals surface area contributed by atoms with E-state index in [-0.39, 0.29) is 0 Å². The van der Waals surface area contributed by atoms with Crippen LogP contribution in [0.3, 0.4) is 0 Å². The second kappa shape index (κ2) is 4.21. The van der Waals surface area contributed by atoms with Crippen LogP contribution in [0.15, 0.2) is 16.9 Å². The Labute approximate surface area is 124 Å². The number of nitrogens with zero attached hydrogens (tertiary/aromatic N) is 1. The number of halogens is 1. The smallest absolute Gasteiger partial charge is 0.109 e. The van der Waals surface area contributed by atoms with Crippen LogP contribution in [0.25, 0.3) is 0 Å². The predicted octanol–water partition coefficient (Wildman–Crippen LogP) is 4.78. The molecule has 2 aliphatic rings. The molecule has 1 N–H and O–H groups in total. The highest BCUT2D eigenvalue weighted by Crippen LogP contribution is 2.63. The number of aryl methyl sites for hydroxylation is 1. The van der Waals surface area contributed by atoms with Gasteiger partial charge < -0.3 is 5.32 Å². The Bertz CT molecular complexity index is 507. The van der Waals surface area contributed by atoms with Crippen molar-refractivity contribution >= 4 is 21.6 Å².